The number of thioether (sulfide) groups is 1. The number of carbonyl (C=O) groups is 2. The Labute approximate surface area is 191 Å². The number of amides is 2. The second-order valence-corrected chi connectivity index (χ2v) is 8.40. The highest BCUT2D eigenvalue weighted by Gasteiger charge is 2.39. The lowest BCUT2D eigenvalue weighted by atomic mass is 10.2. The van der Waals surface area contributed by atoms with Gasteiger partial charge in [-0.2, -0.15) is 0 Å². The second kappa shape index (κ2) is 10.2. The first kappa shape index (κ1) is 21.6. The maximum atomic E-state index is 13.2. The summed E-state index contributed by atoms with van der Waals surface area (Å²) in [5.41, 5.74) is 2.42. The average Bonchev–Trinajstić information content (AvgIpc) is 3.09. The molecule has 3 aromatic rings. The molecule has 32 heavy (non-hydrogen) atoms. The van der Waals surface area contributed by atoms with Crippen molar-refractivity contribution in [1.82, 2.24) is 4.90 Å². The van der Waals surface area contributed by atoms with Crippen LogP contribution < -0.4 is 10.1 Å². The Morgan fingerprint density at radius 3 is 2.31 bits per heavy atom. The molecule has 1 aliphatic rings. The molecule has 2 amide bonds. The van der Waals surface area contributed by atoms with Crippen molar-refractivity contribution < 1.29 is 14.3 Å². The van der Waals surface area contributed by atoms with Crippen molar-refractivity contribution in [2.24, 2.45) is 4.99 Å². The Kier molecular flexibility index (Phi) is 6.87. The first-order valence-electron chi connectivity index (χ1n) is 10.2. The Morgan fingerprint density at radius 2 is 1.66 bits per heavy atom. The van der Waals surface area contributed by atoms with Gasteiger partial charge in [-0.05, 0) is 42.0 Å². The molecule has 3 aromatic carbocycles. The van der Waals surface area contributed by atoms with Crippen LogP contribution in [0.15, 0.2) is 89.9 Å². The summed E-state index contributed by atoms with van der Waals surface area (Å²) >= 11 is 1.33. The molecule has 7 heteroatoms. The molecule has 0 spiro atoms. The van der Waals surface area contributed by atoms with E-state index >= 15 is 0 Å². The molecule has 6 nitrogen and oxygen atoms in total. The summed E-state index contributed by atoms with van der Waals surface area (Å²) in [4.78, 5) is 32.1. The number of nitrogens with one attached hydrogen (secondary N) is 1. The fourth-order valence-corrected chi connectivity index (χ4v) is 4.46. The first-order chi connectivity index (χ1) is 15.6. The third-order valence-corrected chi connectivity index (χ3v) is 6.10. The van der Waals surface area contributed by atoms with Crippen LogP contribution in [0.4, 0.5) is 11.4 Å². The van der Waals surface area contributed by atoms with Crippen LogP contribution in [0, 0.1) is 0 Å². The number of ether oxygens (including phenoxy) is 1. The maximum Gasteiger partial charge on any atom is 0.242 e. The van der Waals surface area contributed by atoms with Crippen LogP contribution in [0.25, 0.3) is 0 Å². The first-order valence-corrected chi connectivity index (χ1v) is 11.1. The van der Waals surface area contributed by atoms with Gasteiger partial charge >= 0.3 is 0 Å². The molecule has 4 rings (SSSR count). The highest BCUT2D eigenvalue weighted by atomic mass is 32.2. The highest BCUT2D eigenvalue weighted by Crippen LogP contribution is 2.33. The molecule has 0 unspecified atom stereocenters. The quantitative estimate of drug-likeness (QED) is 0.564. The van der Waals surface area contributed by atoms with Gasteiger partial charge < -0.3 is 10.1 Å². The molecular weight excluding hydrogens is 422 g/mol. The van der Waals surface area contributed by atoms with Crippen LogP contribution in [0.3, 0.4) is 0 Å². The fraction of sp³-hybridized carbons (Fsp3) is 0.160. The minimum Gasteiger partial charge on any atom is -0.497 e. The molecular formula is C25H23N3O3S. The SMILES string of the molecule is COc1ccc(CN2C(=O)[C@@H](CC(=O)Nc3ccccc3)SC2=Nc2ccccc2)cc1. The zero-order valence-corrected chi connectivity index (χ0v) is 18.4. The summed E-state index contributed by atoms with van der Waals surface area (Å²) in [5.74, 6) is 0.431. The maximum absolute atomic E-state index is 13.2. The van der Waals surface area contributed by atoms with E-state index in [0.29, 0.717) is 17.4 Å². The van der Waals surface area contributed by atoms with E-state index in [1.54, 1.807) is 12.0 Å². The van der Waals surface area contributed by atoms with Gasteiger partial charge in [-0.3, -0.25) is 14.5 Å². The summed E-state index contributed by atoms with van der Waals surface area (Å²) in [6.07, 6.45) is 0.0747. The molecule has 0 radical (unpaired) electrons. The second-order valence-electron chi connectivity index (χ2n) is 7.23. The van der Waals surface area contributed by atoms with E-state index < -0.39 is 5.25 Å². The van der Waals surface area contributed by atoms with E-state index in [0.717, 1.165) is 17.0 Å². The summed E-state index contributed by atoms with van der Waals surface area (Å²) in [5, 5.41) is 2.92. The lowest BCUT2D eigenvalue weighted by molar-refractivity contribution is -0.128. The fourth-order valence-electron chi connectivity index (χ4n) is 3.30. The van der Waals surface area contributed by atoms with Crippen molar-refractivity contribution in [1.29, 1.82) is 0 Å². The molecule has 1 saturated heterocycles. The number of aliphatic imine (C=N–C) groups is 1. The van der Waals surface area contributed by atoms with E-state index in [2.05, 4.69) is 10.3 Å². The number of amidine groups is 1. The van der Waals surface area contributed by atoms with E-state index in [1.807, 2.05) is 84.9 Å². The Balaban J connectivity index is 1.53. The smallest absolute Gasteiger partial charge is 0.242 e. The number of methoxy groups -OCH3 is 1. The molecule has 162 valence electrons. The summed E-state index contributed by atoms with van der Waals surface area (Å²) < 4.78 is 5.22. The number of nitrogens with zero attached hydrogens (tertiary/aromatic N) is 2. The van der Waals surface area contributed by atoms with Crippen LogP contribution in [0.5, 0.6) is 5.75 Å². The van der Waals surface area contributed by atoms with Gasteiger partial charge in [-0.1, -0.05) is 60.3 Å². The predicted molar refractivity (Wildman–Crippen MR) is 128 cm³/mol. The van der Waals surface area contributed by atoms with Crippen LogP contribution >= 0.6 is 11.8 Å². The number of hydrogen-bond acceptors (Lipinski definition) is 5. The van der Waals surface area contributed by atoms with Crippen molar-refractivity contribution in [3.8, 4) is 5.75 Å². The predicted octanol–water partition coefficient (Wildman–Crippen LogP) is 4.86. The summed E-state index contributed by atoms with van der Waals surface area (Å²) in [6, 6.07) is 26.3. The van der Waals surface area contributed by atoms with Crippen molar-refractivity contribution in [3.05, 3.63) is 90.5 Å². The number of para-hydroxylation sites is 2. The third-order valence-electron chi connectivity index (χ3n) is 4.93. The van der Waals surface area contributed by atoms with Crippen molar-refractivity contribution >= 4 is 40.1 Å². The zero-order chi connectivity index (χ0) is 22.3. The minimum atomic E-state index is -0.528. The van der Waals surface area contributed by atoms with Crippen LogP contribution in [-0.2, 0) is 16.1 Å². The summed E-state index contributed by atoms with van der Waals surface area (Å²) in [6.45, 7) is 0.373. The number of anilines is 1. The topological polar surface area (TPSA) is 71.0 Å². The number of carbonyl (C=O) groups excluding carboxylic acids is 2. The van der Waals surface area contributed by atoms with Gasteiger partial charge in [-0.25, -0.2) is 4.99 Å². The van der Waals surface area contributed by atoms with Gasteiger partial charge in [0.2, 0.25) is 11.8 Å². The molecule has 1 N–H and O–H groups in total. The molecule has 1 atom stereocenters. The molecule has 0 aromatic heterocycles. The number of rotatable bonds is 7. The lowest BCUT2D eigenvalue weighted by Crippen LogP contribution is -2.33. The lowest BCUT2D eigenvalue weighted by Gasteiger charge is -2.17. The highest BCUT2D eigenvalue weighted by molar-refractivity contribution is 8.15. The standard InChI is InChI=1S/C25H23N3O3S/c1-31-21-14-12-18(13-15-21)17-28-24(30)22(16-23(29)26-19-8-4-2-5-9-19)32-25(28)27-20-10-6-3-7-11-20/h2-15,22H,16-17H2,1H3,(H,26,29)/t22-/m1/s1. The minimum absolute atomic E-state index is 0.0747. The van der Waals surface area contributed by atoms with Crippen LogP contribution in [0.2, 0.25) is 0 Å². The van der Waals surface area contributed by atoms with Gasteiger partial charge in [0.15, 0.2) is 5.17 Å². The summed E-state index contributed by atoms with van der Waals surface area (Å²) in [7, 11) is 1.62. The van der Waals surface area contributed by atoms with Gasteiger partial charge in [0.25, 0.3) is 0 Å². The Hall–Kier alpha value is -3.58. The third kappa shape index (κ3) is 5.36. The van der Waals surface area contributed by atoms with Gasteiger partial charge in [-0.15, -0.1) is 0 Å². The Morgan fingerprint density at radius 1 is 1.00 bits per heavy atom. The largest absolute Gasteiger partial charge is 0.497 e. The Bertz CT molecular complexity index is 1100. The molecule has 1 fully saturated rings. The van der Waals surface area contributed by atoms with Crippen LogP contribution in [-0.4, -0.2) is 34.2 Å². The molecule has 0 saturated carbocycles. The van der Waals surface area contributed by atoms with E-state index in [1.165, 1.54) is 11.8 Å². The van der Waals surface area contributed by atoms with E-state index in [9.17, 15) is 9.59 Å². The van der Waals surface area contributed by atoms with Crippen molar-refractivity contribution in [2.45, 2.75) is 18.2 Å². The number of benzene rings is 3. The van der Waals surface area contributed by atoms with Gasteiger partial charge in [0, 0.05) is 12.1 Å². The van der Waals surface area contributed by atoms with Crippen molar-refractivity contribution in [2.75, 3.05) is 12.4 Å². The average molecular weight is 446 g/mol. The van der Waals surface area contributed by atoms with Gasteiger partial charge in [0.1, 0.15) is 11.0 Å². The molecule has 1 heterocycles. The van der Waals surface area contributed by atoms with E-state index in [-0.39, 0.29) is 18.2 Å². The van der Waals surface area contributed by atoms with Gasteiger partial charge in [0.05, 0.1) is 19.3 Å². The molecule has 1 aliphatic heterocycles. The molecule has 0 bridgehead atoms. The molecule has 0 aliphatic carbocycles. The normalized spacial score (nSPS) is 16.9. The van der Waals surface area contributed by atoms with Crippen LogP contribution in [0.1, 0.15) is 12.0 Å². The number of hydrogen-bond donors (Lipinski definition) is 1. The van der Waals surface area contributed by atoms with Crippen molar-refractivity contribution in [3.63, 3.8) is 0 Å². The zero-order valence-electron chi connectivity index (χ0n) is 17.6. The monoisotopic (exact) mass is 445 g/mol. The van der Waals surface area contributed by atoms with E-state index in [4.69, 9.17) is 4.74 Å².